The van der Waals surface area contributed by atoms with E-state index in [1.165, 1.54) is 0 Å². The molecule has 0 aliphatic rings. The lowest BCUT2D eigenvalue weighted by Crippen LogP contribution is -2.14. The number of ether oxygens (including phenoxy) is 2. The van der Waals surface area contributed by atoms with Gasteiger partial charge in [-0.15, -0.1) is 0 Å². The average Bonchev–Trinajstić information content (AvgIpc) is 2.22. The van der Waals surface area contributed by atoms with Crippen molar-refractivity contribution in [2.24, 2.45) is 0 Å². The molecule has 0 saturated heterocycles. The molecule has 0 spiro atoms. The Morgan fingerprint density at radius 1 is 1.25 bits per heavy atom. The highest BCUT2D eigenvalue weighted by molar-refractivity contribution is 5.75. The Hall–Kier alpha value is -0.900. The summed E-state index contributed by atoms with van der Waals surface area (Å²) in [5, 5.41) is 0. The molecular weight excluding hydrogens is 208 g/mol. The third kappa shape index (κ3) is 8.41. The van der Waals surface area contributed by atoms with E-state index < -0.39 is 0 Å². The molecule has 0 amide bonds. The standard InChI is InChI=1S/C12H22O4/c1-4-16-12(14)8-6-5-7-11(15-3)9-10(2)13/h11H,4-9H2,1-3H3. The molecule has 1 unspecified atom stereocenters. The first kappa shape index (κ1) is 15.1. The number of carbonyl (C=O) groups excluding carboxylic acids is 2. The van der Waals surface area contributed by atoms with Crippen molar-refractivity contribution < 1.29 is 19.1 Å². The smallest absolute Gasteiger partial charge is 0.305 e. The van der Waals surface area contributed by atoms with Gasteiger partial charge in [-0.25, -0.2) is 0 Å². The van der Waals surface area contributed by atoms with Crippen LogP contribution in [0.4, 0.5) is 0 Å². The quantitative estimate of drug-likeness (QED) is 0.449. The van der Waals surface area contributed by atoms with Gasteiger partial charge in [0.25, 0.3) is 0 Å². The molecule has 0 rings (SSSR count). The lowest BCUT2D eigenvalue weighted by Gasteiger charge is -2.12. The van der Waals surface area contributed by atoms with Crippen LogP contribution in [-0.4, -0.2) is 31.6 Å². The second-order valence-electron chi connectivity index (χ2n) is 3.81. The molecule has 0 saturated carbocycles. The Morgan fingerprint density at radius 3 is 2.44 bits per heavy atom. The molecule has 0 aliphatic carbocycles. The van der Waals surface area contributed by atoms with Gasteiger partial charge in [0, 0.05) is 20.0 Å². The van der Waals surface area contributed by atoms with Crippen molar-refractivity contribution in [3.05, 3.63) is 0 Å². The second-order valence-corrected chi connectivity index (χ2v) is 3.81. The maximum atomic E-state index is 11.0. The van der Waals surface area contributed by atoms with Gasteiger partial charge in [-0.05, 0) is 26.7 Å². The lowest BCUT2D eigenvalue weighted by atomic mass is 10.1. The Kier molecular flexibility index (Phi) is 8.81. The summed E-state index contributed by atoms with van der Waals surface area (Å²) in [7, 11) is 1.61. The molecule has 0 heterocycles. The van der Waals surface area contributed by atoms with E-state index in [1.54, 1.807) is 21.0 Å². The minimum absolute atomic E-state index is 0.0142. The zero-order chi connectivity index (χ0) is 12.4. The fraction of sp³-hybridized carbons (Fsp3) is 0.833. The molecule has 0 aliphatic heterocycles. The summed E-state index contributed by atoms with van der Waals surface area (Å²) in [5.41, 5.74) is 0. The minimum atomic E-state index is -0.150. The monoisotopic (exact) mass is 230 g/mol. The molecule has 0 aromatic heterocycles. The van der Waals surface area contributed by atoms with Gasteiger partial charge in [0.2, 0.25) is 0 Å². The van der Waals surface area contributed by atoms with E-state index in [1.807, 2.05) is 0 Å². The van der Waals surface area contributed by atoms with E-state index >= 15 is 0 Å². The lowest BCUT2D eigenvalue weighted by molar-refractivity contribution is -0.143. The van der Waals surface area contributed by atoms with Gasteiger partial charge in [0.05, 0.1) is 12.7 Å². The molecule has 0 aromatic rings. The van der Waals surface area contributed by atoms with Gasteiger partial charge in [0.15, 0.2) is 0 Å². The highest BCUT2D eigenvalue weighted by Crippen LogP contribution is 2.10. The van der Waals surface area contributed by atoms with Gasteiger partial charge >= 0.3 is 5.97 Å². The highest BCUT2D eigenvalue weighted by Gasteiger charge is 2.10. The van der Waals surface area contributed by atoms with Crippen molar-refractivity contribution in [1.29, 1.82) is 0 Å². The number of esters is 1. The van der Waals surface area contributed by atoms with Crippen LogP contribution in [0.25, 0.3) is 0 Å². The van der Waals surface area contributed by atoms with E-state index in [0.29, 0.717) is 19.4 Å². The topological polar surface area (TPSA) is 52.6 Å². The average molecular weight is 230 g/mol. The maximum absolute atomic E-state index is 11.0. The summed E-state index contributed by atoms with van der Waals surface area (Å²) in [6.07, 6.45) is 3.37. The van der Waals surface area contributed by atoms with Gasteiger partial charge in [0.1, 0.15) is 5.78 Å². The Bertz CT molecular complexity index is 213. The summed E-state index contributed by atoms with van der Waals surface area (Å²) < 4.78 is 9.99. The van der Waals surface area contributed by atoms with E-state index in [4.69, 9.17) is 9.47 Å². The number of methoxy groups -OCH3 is 1. The number of unbranched alkanes of at least 4 members (excludes halogenated alkanes) is 1. The molecule has 0 N–H and O–H groups in total. The van der Waals surface area contributed by atoms with E-state index in [2.05, 4.69) is 0 Å². The van der Waals surface area contributed by atoms with Crippen LogP contribution in [0, 0.1) is 0 Å². The SMILES string of the molecule is CCOC(=O)CCCCC(CC(C)=O)OC. The maximum Gasteiger partial charge on any atom is 0.305 e. The fourth-order valence-electron chi connectivity index (χ4n) is 1.50. The number of Topliss-reactive ketones (excluding diaryl/α,β-unsaturated/α-hetero) is 1. The van der Waals surface area contributed by atoms with Crippen LogP contribution >= 0.6 is 0 Å². The molecule has 0 radical (unpaired) electrons. The van der Waals surface area contributed by atoms with Crippen LogP contribution in [0.2, 0.25) is 0 Å². The van der Waals surface area contributed by atoms with Crippen molar-refractivity contribution in [2.45, 2.75) is 52.1 Å². The van der Waals surface area contributed by atoms with Gasteiger partial charge in [-0.3, -0.25) is 9.59 Å². The zero-order valence-electron chi connectivity index (χ0n) is 10.5. The normalized spacial score (nSPS) is 12.2. The molecule has 16 heavy (non-hydrogen) atoms. The molecule has 1 atom stereocenters. The first-order chi connectivity index (χ1) is 7.60. The summed E-state index contributed by atoms with van der Waals surface area (Å²) in [4.78, 5) is 21.9. The summed E-state index contributed by atoms with van der Waals surface area (Å²) in [6.45, 7) is 3.79. The highest BCUT2D eigenvalue weighted by atomic mass is 16.5. The van der Waals surface area contributed by atoms with Crippen LogP contribution < -0.4 is 0 Å². The van der Waals surface area contributed by atoms with E-state index in [-0.39, 0.29) is 17.9 Å². The molecular formula is C12H22O4. The van der Waals surface area contributed by atoms with Gasteiger partial charge < -0.3 is 9.47 Å². The van der Waals surface area contributed by atoms with Crippen LogP contribution in [0.15, 0.2) is 0 Å². The van der Waals surface area contributed by atoms with Crippen LogP contribution in [0.5, 0.6) is 0 Å². The number of rotatable bonds is 9. The fourth-order valence-corrected chi connectivity index (χ4v) is 1.50. The van der Waals surface area contributed by atoms with Gasteiger partial charge in [-0.1, -0.05) is 6.42 Å². The Labute approximate surface area is 97.3 Å². The first-order valence-electron chi connectivity index (χ1n) is 5.78. The number of hydrogen-bond acceptors (Lipinski definition) is 4. The van der Waals surface area contributed by atoms with Crippen molar-refractivity contribution in [3.8, 4) is 0 Å². The van der Waals surface area contributed by atoms with Crippen molar-refractivity contribution in [1.82, 2.24) is 0 Å². The predicted molar refractivity (Wildman–Crippen MR) is 61.2 cm³/mol. The van der Waals surface area contributed by atoms with E-state index in [0.717, 1.165) is 19.3 Å². The third-order valence-electron chi connectivity index (χ3n) is 2.31. The Balaban J connectivity index is 3.55. The number of ketones is 1. The minimum Gasteiger partial charge on any atom is -0.466 e. The number of hydrogen-bond donors (Lipinski definition) is 0. The van der Waals surface area contributed by atoms with Crippen LogP contribution in [-0.2, 0) is 19.1 Å². The third-order valence-corrected chi connectivity index (χ3v) is 2.31. The van der Waals surface area contributed by atoms with Crippen molar-refractivity contribution in [2.75, 3.05) is 13.7 Å². The summed E-state index contributed by atoms with van der Waals surface area (Å²) in [6, 6.07) is 0. The summed E-state index contributed by atoms with van der Waals surface area (Å²) >= 11 is 0. The molecule has 0 fully saturated rings. The molecule has 0 bridgehead atoms. The van der Waals surface area contributed by atoms with Crippen LogP contribution in [0.1, 0.15) is 46.0 Å². The van der Waals surface area contributed by atoms with Gasteiger partial charge in [-0.2, -0.15) is 0 Å². The van der Waals surface area contributed by atoms with Crippen molar-refractivity contribution in [3.63, 3.8) is 0 Å². The molecule has 0 aromatic carbocycles. The number of carbonyl (C=O) groups is 2. The Morgan fingerprint density at radius 2 is 1.94 bits per heavy atom. The first-order valence-corrected chi connectivity index (χ1v) is 5.78. The van der Waals surface area contributed by atoms with E-state index in [9.17, 15) is 9.59 Å². The molecule has 4 nitrogen and oxygen atoms in total. The molecule has 4 heteroatoms. The van der Waals surface area contributed by atoms with Crippen LogP contribution in [0.3, 0.4) is 0 Å². The largest absolute Gasteiger partial charge is 0.466 e. The zero-order valence-corrected chi connectivity index (χ0v) is 10.5. The van der Waals surface area contributed by atoms with Crippen molar-refractivity contribution >= 4 is 11.8 Å². The second kappa shape index (κ2) is 9.33. The summed E-state index contributed by atoms with van der Waals surface area (Å²) in [5.74, 6) is -0.0136. The molecule has 94 valence electrons. The predicted octanol–water partition coefficient (Wildman–Crippen LogP) is 2.10.